The van der Waals surface area contributed by atoms with Crippen molar-refractivity contribution < 1.29 is 14.7 Å². The highest BCUT2D eigenvalue weighted by Gasteiger charge is 2.23. The number of carbonyl (C=O) groups excluding carboxylic acids is 2. The van der Waals surface area contributed by atoms with Gasteiger partial charge in [0.2, 0.25) is 11.8 Å². The van der Waals surface area contributed by atoms with Crippen LogP contribution in [0.2, 0.25) is 0 Å². The number of nitrogens with zero attached hydrogens (tertiary/aromatic N) is 2. The van der Waals surface area contributed by atoms with Crippen molar-refractivity contribution in [2.24, 2.45) is 0 Å². The van der Waals surface area contributed by atoms with Gasteiger partial charge in [-0.05, 0) is 12.5 Å². The fourth-order valence-electron chi connectivity index (χ4n) is 2.52. The lowest BCUT2D eigenvalue weighted by atomic mass is 10.2. The average molecular weight is 374 g/mol. The Kier molecular flexibility index (Phi) is 6.67. The first-order chi connectivity index (χ1) is 12.8. The zero-order valence-electron chi connectivity index (χ0n) is 15.1. The van der Waals surface area contributed by atoms with E-state index in [1.807, 2.05) is 30.3 Å². The molecule has 1 heterocycles. The van der Waals surface area contributed by atoms with Crippen molar-refractivity contribution in [3.8, 4) is 0 Å². The summed E-state index contributed by atoms with van der Waals surface area (Å²) in [6.45, 7) is 0.863. The number of aliphatic hydroxyl groups excluding tert-OH is 1. The van der Waals surface area contributed by atoms with Gasteiger partial charge < -0.3 is 15.3 Å². The molecule has 0 radical (unpaired) electrons. The molecular formula is C18H22N4O5. The van der Waals surface area contributed by atoms with E-state index in [0.29, 0.717) is 6.54 Å². The van der Waals surface area contributed by atoms with Crippen LogP contribution in [-0.4, -0.2) is 51.1 Å². The first kappa shape index (κ1) is 20.1. The fourth-order valence-corrected chi connectivity index (χ4v) is 2.52. The highest BCUT2D eigenvalue weighted by atomic mass is 16.3. The van der Waals surface area contributed by atoms with Crippen LogP contribution in [0.3, 0.4) is 0 Å². The van der Waals surface area contributed by atoms with Gasteiger partial charge in [-0.25, -0.2) is 4.79 Å². The van der Waals surface area contributed by atoms with Crippen molar-refractivity contribution in [1.82, 2.24) is 19.8 Å². The summed E-state index contributed by atoms with van der Waals surface area (Å²) in [6, 6.07) is 8.15. The van der Waals surface area contributed by atoms with Crippen molar-refractivity contribution in [1.29, 1.82) is 0 Å². The number of aryl methyl sites for hydroxylation is 1. The first-order valence-electron chi connectivity index (χ1n) is 8.31. The number of aromatic nitrogens is 2. The van der Waals surface area contributed by atoms with Gasteiger partial charge in [-0.15, -0.1) is 0 Å². The third-order valence-corrected chi connectivity index (χ3v) is 3.96. The van der Waals surface area contributed by atoms with Gasteiger partial charge in [-0.3, -0.25) is 23.9 Å². The highest BCUT2D eigenvalue weighted by molar-refractivity contribution is 5.87. The maximum atomic E-state index is 12.5. The molecule has 0 saturated carbocycles. The summed E-state index contributed by atoms with van der Waals surface area (Å²) in [6.07, 6.45) is 1.26. The van der Waals surface area contributed by atoms with Gasteiger partial charge in [0, 0.05) is 25.4 Å². The predicted octanol–water partition coefficient (Wildman–Crippen LogP) is -1.02. The second-order valence-corrected chi connectivity index (χ2v) is 6.18. The van der Waals surface area contributed by atoms with E-state index >= 15 is 0 Å². The number of likely N-dealkylation sites (N-methyl/N-ethyl adjacent to an activating group) is 1. The monoisotopic (exact) mass is 374 g/mol. The topological polar surface area (TPSA) is 124 Å². The number of benzene rings is 1. The van der Waals surface area contributed by atoms with Crippen LogP contribution in [0.1, 0.15) is 11.1 Å². The number of hydrogen-bond acceptors (Lipinski definition) is 5. The Morgan fingerprint density at radius 2 is 1.93 bits per heavy atom. The fraction of sp³-hybridized carbons (Fsp3) is 0.333. The van der Waals surface area contributed by atoms with E-state index in [1.165, 1.54) is 18.0 Å². The summed E-state index contributed by atoms with van der Waals surface area (Å²) in [5, 5.41) is 11.9. The Bertz CT molecular complexity index is 919. The number of carbonyl (C=O) groups is 2. The van der Waals surface area contributed by atoms with Gasteiger partial charge >= 0.3 is 5.69 Å². The summed E-state index contributed by atoms with van der Waals surface area (Å²) in [7, 11) is 1.57. The van der Waals surface area contributed by atoms with E-state index in [9.17, 15) is 24.3 Å². The summed E-state index contributed by atoms with van der Waals surface area (Å²) < 4.78 is 1.03. The van der Waals surface area contributed by atoms with E-state index in [4.69, 9.17) is 0 Å². The van der Waals surface area contributed by atoms with Crippen LogP contribution in [0.4, 0.5) is 0 Å². The second-order valence-electron chi connectivity index (χ2n) is 6.18. The maximum absolute atomic E-state index is 12.5. The van der Waals surface area contributed by atoms with Gasteiger partial charge in [0.05, 0.1) is 6.61 Å². The van der Waals surface area contributed by atoms with Crippen LogP contribution in [0.25, 0.3) is 0 Å². The molecule has 1 unspecified atom stereocenters. The van der Waals surface area contributed by atoms with Crippen molar-refractivity contribution in [2.75, 3.05) is 13.7 Å². The third-order valence-electron chi connectivity index (χ3n) is 3.96. The molecule has 27 heavy (non-hydrogen) atoms. The number of hydrogen-bond donors (Lipinski definition) is 3. The summed E-state index contributed by atoms with van der Waals surface area (Å²) >= 11 is 0. The number of nitrogens with one attached hydrogen (secondary N) is 2. The van der Waals surface area contributed by atoms with Gasteiger partial charge in [-0.1, -0.05) is 30.3 Å². The second kappa shape index (κ2) is 8.95. The smallest absolute Gasteiger partial charge is 0.328 e. The molecule has 3 N–H and O–H groups in total. The van der Waals surface area contributed by atoms with E-state index in [2.05, 4.69) is 10.3 Å². The zero-order valence-corrected chi connectivity index (χ0v) is 15.1. The van der Waals surface area contributed by atoms with Crippen molar-refractivity contribution in [2.45, 2.75) is 26.1 Å². The molecule has 2 aromatic rings. The Hall–Kier alpha value is -3.20. The number of rotatable bonds is 7. The first-order valence-corrected chi connectivity index (χ1v) is 8.31. The average Bonchev–Trinajstić information content (AvgIpc) is 2.64. The Labute approximate surface area is 155 Å². The maximum Gasteiger partial charge on any atom is 0.328 e. The molecular weight excluding hydrogens is 352 g/mol. The lowest BCUT2D eigenvalue weighted by Gasteiger charge is -2.23. The highest BCUT2D eigenvalue weighted by Crippen LogP contribution is 2.04. The molecule has 9 heteroatoms. The molecule has 0 aliphatic rings. The van der Waals surface area contributed by atoms with Gasteiger partial charge in [-0.2, -0.15) is 0 Å². The van der Waals surface area contributed by atoms with E-state index in [0.717, 1.165) is 10.1 Å². The molecule has 1 aromatic carbocycles. The molecule has 2 amide bonds. The minimum absolute atomic E-state index is 0.278. The molecule has 0 fully saturated rings. The Morgan fingerprint density at radius 3 is 2.56 bits per heavy atom. The van der Waals surface area contributed by atoms with E-state index in [-0.39, 0.29) is 12.1 Å². The number of aromatic amines is 1. The molecule has 0 aliphatic heterocycles. The van der Waals surface area contributed by atoms with Crippen LogP contribution in [-0.2, 0) is 22.7 Å². The number of H-pyrrole nitrogens is 1. The number of amides is 2. The summed E-state index contributed by atoms with van der Waals surface area (Å²) in [5.41, 5.74) is -0.0668. The van der Waals surface area contributed by atoms with Crippen LogP contribution >= 0.6 is 0 Å². The summed E-state index contributed by atoms with van der Waals surface area (Å²) in [4.78, 5) is 51.2. The molecule has 0 bridgehead atoms. The lowest BCUT2D eigenvalue weighted by Crippen LogP contribution is -2.50. The van der Waals surface area contributed by atoms with Gasteiger partial charge in [0.1, 0.15) is 12.6 Å². The molecule has 0 spiro atoms. The standard InChI is InChI=1S/C18H22N4O5/c1-12-8-22(18(27)20-16(12)25)10-15(24)19-14(11-23)17(26)21(2)9-13-6-4-3-5-7-13/h3-8,14,23H,9-11H2,1-2H3,(H,19,24)(H,20,25,27). The largest absolute Gasteiger partial charge is 0.394 e. The van der Waals surface area contributed by atoms with E-state index in [1.54, 1.807) is 7.05 Å². The normalized spacial score (nSPS) is 11.7. The quantitative estimate of drug-likeness (QED) is 0.572. The molecule has 1 atom stereocenters. The lowest BCUT2D eigenvalue weighted by molar-refractivity contribution is -0.137. The van der Waals surface area contributed by atoms with Gasteiger partial charge in [0.25, 0.3) is 5.56 Å². The zero-order chi connectivity index (χ0) is 20.0. The van der Waals surface area contributed by atoms with Crippen LogP contribution in [0, 0.1) is 6.92 Å². The number of aliphatic hydroxyl groups is 1. The minimum atomic E-state index is -1.13. The van der Waals surface area contributed by atoms with Crippen LogP contribution < -0.4 is 16.6 Å². The SMILES string of the molecule is Cc1cn(CC(=O)NC(CO)C(=O)N(C)Cc2ccccc2)c(=O)[nH]c1=O. The molecule has 144 valence electrons. The molecule has 9 nitrogen and oxygen atoms in total. The summed E-state index contributed by atoms with van der Waals surface area (Å²) in [5.74, 6) is -1.09. The predicted molar refractivity (Wildman–Crippen MR) is 98.0 cm³/mol. The molecule has 2 rings (SSSR count). The molecule has 0 aliphatic carbocycles. The van der Waals surface area contributed by atoms with Crippen molar-refractivity contribution in [3.05, 3.63) is 68.5 Å². The molecule has 0 saturated heterocycles. The van der Waals surface area contributed by atoms with Crippen LogP contribution in [0.5, 0.6) is 0 Å². The Morgan fingerprint density at radius 1 is 1.26 bits per heavy atom. The minimum Gasteiger partial charge on any atom is -0.394 e. The Balaban J connectivity index is 2.01. The third kappa shape index (κ3) is 5.38. The van der Waals surface area contributed by atoms with Gasteiger partial charge in [0.15, 0.2) is 0 Å². The van der Waals surface area contributed by atoms with E-state index < -0.39 is 35.7 Å². The van der Waals surface area contributed by atoms with Crippen LogP contribution in [0.15, 0.2) is 46.1 Å². The molecule has 1 aromatic heterocycles. The van der Waals surface area contributed by atoms with Crippen molar-refractivity contribution in [3.63, 3.8) is 0 Å². The van der Waals surface area contributed by atoms with Crippen molar-refractivity contribution >= 4 is 11.8 Å².